The summed E-state index contributed by atoms with van der Waals surface area (Å²) in [6.45, 7) is 2.96. The molecule has 1 heterocycles. The van der Waals surface area contributed by atoms with Crippen LogP contribution in [0.3, 0.4) is 0 Å². The normalized spacial score (nSPS) is 15.4. The third kappa shape index (κ3) is 4.29. The minimum absolute atomic E-state index is 0.0420. The van der Waals surface area contributed by atoms with Crippen LogP contribution >= 0.6 is 0 Å². The van der Waals surface area contributed by atoms with Crippen LogP contribution in [-0.4, -0.2) is 18.1 Å². The fraction of sp³-hybridized carbons (Fsp3) is 0.615. The van der Waals surface area contributed by atoms with Gasteiger partial charge >= 0.3 is 6.18 Å². The molecule has 3 nitrogen and oxygen atoms in total. The van der Waals surface area contributed by atoms with E-state index in [0.717, 1.165) is 31.4 Å². The predicted octanol–water partition coefficient (Wildman–Crippen LogP) is 3.71. The molecular formula is C13H17F3N2O. The summed E-state index contributed by atoms with van der Waals surface area (Å²) in [6, 6.07) is 1.97. The van der Waals surface area contributed by atoms with Crippen molar-refractivity contribution in [2.24, 2.45) is 5.92 Å². The van der Waals surface area contributed by atoms with Crippen LogP contribution in [0.25, 0.3) is 0 Å². The van der Waals surface area contributed by atoms with Gasteiger partial charge in [-0.3, -0.25) is 0 Å². The van der Waals surface area contributed by atoms with Crippen molar-refractivity contribution in [3.05, 3.63) is 17.7 Å². The molecule has 1 fully saturated rings. The minimum Gasteiger partial charge on any atom is -0.477 e. The Morgan fingerprint density at radius 3 is 2.68 bits per heavy atom. The lowest BCUT2D eigenvalue weighted by atomic mass is 10.2. The number of nitrogens with one attached hydrogen (secondary N) is 1. The summed E-state index contributed by atoms with van der Waals surface area (Å²) in [5, 5.41) is 2.86. The smallest absolute Gasteiger partial charge is 0.416 e. The van der Waals surface area contributed by atoms with Gasteiger partial charge in [-0.05, 0) is 31.2 Å². The van der Waals surface area contributed by atoms with Gasteiger partial charge in [0.25, 0.3) is 0 Å². The number of anilines is 1. The number of aromatic nitrogens is 1. The average Bonchev–Trinajstić information content (AvgIpc) is 3.16. The molecule has 1 saturated carbocycles. The van der Waals surface area contributed by atoms with Crippen molar-refractivity contribution in [1.29, 1.82) is 0 Å². The van der Waals surface area contributed by atoms with Crippen LogP contribution in [0, 0.1) is 5.92 Å². The van der Waals surface area contributed by atoms with E-state index in [1.807, 2.05) is 6.92 Å². The number of nitrogens with zero attached hydrogens (tertiary/aromatic N) is 1. The first kappa shape index (κ1) is 14.0. The molecule has 0 radical (unpaired) electrons. The maximum atomic E-state index is 12.8. The van der Waals surface area contributed by atoms with Crippen molar-refractivity contribution in [2.45, 2.75) is 32.4 Å². The maximum absolute atomic E-state index is 12.8. The van der Waals surface area contributed by atoms with Gasteiger partial charge in [-0.1, -0.05) is 6.92 Å². The summed E-state index contributed by atoms with van der Waals surface area (Å²) in [4.78, 5) is 4.05. The number of hydrogen-bond donors (Lipinski definition) is 1. The molecule has 1 aliphatic carbocycles. The first-order chi connectivity index (χ1) is 8.99. The van der Waals surface area contributed by atoms with Crippen molar-refractivity contribution in [3.8, 4) is 5.88 Å². The van der Waals surface area contributed by atoms with Gasteiger partial charge in [0.15, 0.2) is 0 Å². The summed E-state index contributed by atoms with van der Waals surface area (Å²) in [5.41, 5.74) is -0.730. The van der Waals surface area contributed by atoms with Crippen LogP contribution < -0.4 is 10.1 Å². The van der Waals surface area contributed by atoms with E-state index in [4.69, 9.17) is 4.74 Å². The quantitative estimate of drug-likeness (QED) is 0.858. The lowest BCUT2D eigenvalue weighted by molar-refractivity contribution is -0.137. The Morgan fingerprint density at radius 2 is 2.11 bits per heavy atom. The van der Waals surface area contributed by atoms with Gasteiger partial charge in [-0.25, -0.2) is 0 Å². The first-order valence-corrected chi connectivity index (χ1v) is 6.45. The summed E-state index contributed by atoms with van der Waals surface area (Å²) in [6.07, 6.45) is -1.40. The zero-order valence-corrected chi connectivity index (χ0v) is 10.8. The van der Waals surface area contributed by atoms with Gasteiger partial charge in [0, 0.05) is 12.6 Å². The molecule has 0 amide bonds. The molecule has 19 heavy (non-hydrogen) atoms. The van der Waals surface area contributed by atoms with Crippen molar-refractivity contribution in [3.63, 3.8) is 0 Å². The highest BCUT2D eigenvalue weighted by Crippen LogP contribution is 2.34. The van der Waals surface area contributed by atoms with Crippen molar-refractivity contribution >= 4 is 5.82 Å². The van der Waals surface area contributed by atoms with Gasteiger partial charge in [-0.15, -0.1) is 0 Å². The van der Waals surface area contributed by atoms with E-state index in [2.05, 4.69) is 10.3 Å². The number of ether oxygens (including phenoxy) is 1. The monoisotopic (exact) mass is 274 g/mol. The summed E-state index contributed by atoms with van der Waals surface area (Å²) in [7, 11) is 0. The number of hydrogen-bond acceptors (Lipinski definition) is 3. The van der Waals surface area contributed by atoms with Gasteiger partial charge in [0.2, 0.25) is 5.88 Å². The number of halogens is 3. The van der Waals surface area contributed by atoms with E-state index < -0.39 is 11.7 Å². The minimum atomic E-state index is -4.39. The largest absolute Gasteiger partial charge is 0.477 e. The Morgan fingerprint density at radius 1 is 1.37 bits per heavy atom. The van der Waals surface area contributed by atoms with Crippen LogP contribution in [0.1, 0.15) is 31.7 Å². The lowest BCUT2D eigenvalue weighted by Gasteiger charge is -2.13. The third-order valence-electron chi connectivity index (χ3n) is 2.85. The second kappa shape index (κ2) is 5.67. The second-order valence-corrected chi connectivity index (χ2v) is 4.76. The first-order valence-electron chi connectivity index (χ1n) is 6.45. The topological polar surface area (TPSA) is 34.1 Å². The maximum Gasteiger partial charge on any atom is 0.416 e. The highest BCUT2D eigenvalue weighted by atomic mass is 19.4. The number of alkyl halides is 3. The molecule has 6 heteroatoms. The van der Waals surface area contributed by atoms with E-state index in [0.29, 0.717) is 19.1 Å². The Hall–Kier alpha value is -1.46. The molecule has 1 aromatic heterocycles. The summed E-state index contributed by atoms with van der Waals surface area (Å²) in [5.74, 6) is 0.728. The van der Waals surface area contributed by atoms with Crippen LogP contribution in [0.5, 0.6) is 5.88 Å². The Kier molecular flexibility index (Phi) is 4.17. The average molecular weight is 274 g/mol. The van der Waals surface area contributed by atoms with Gasteiger partial charge in [0.1, 0.15) is 5.82 Å². The molecule has 1 N–H and O–H groups in total. The molecule has 1 aliphatic rings. The molecule has 0 unspecified atom stereocenters. The fourth-order valence-electron chi connectivity index (χ4n) is 1.57. The lowest BCUT2D eigenvalue weighted by Crippen LogP contribution is -2.10. The van der Waals surface area contributed by atoms with Gasteiger partial charge < -0.3 is 10.1 Å². The zero-order chi connectivity index (χ0) is 13.9. The molecule has 0 bridgehead atoms. The van der Waals surface area contributed by atoms with Crippen molar-refractivity contribution in [1.82, 2.24) is 4.98 Å². The van der Waals surface area contributed by atoms with Crippen LogP contribution in [0.2, 0.25) is 0 Å². The van der Waals surface area contributed by atoms with E-state index in [-0.39, 0.29) is 11.7 Å². The van der Waals surface area contributed by atoms with E-state index in [1.165, 1.54) is 0 Å². The van der Waals surface area contributed by atoms with E-state index in [1.54, 1.807) is 0 Å². The molecule has 0 aliphatic heterocycles. The molecule has 0 saturated heterocycles. The third-order valence-corrected chi connectivity index (χ3v) is 2.85. The molecule has 2 rings (SSSR count). The number of rotatable bonds is 6. The highest BCUT2D eigenvalue weighted by Gasteiger charge is 2.32. The second-order valence-electron chi connectivity index (χ2n) is 4.76. The fourth-order valence-corrected chi connectivity index (χ4v) is 1.57. The highest BCUT2D eigenvalue weighted by molar-refractivity contribution is 5.42. The van der Waals surface area contributed by atoms with Crippen LogP contribution in [0.15, 0.2) is 12.1 Å². The molecule has 0 aromatic carbocycles. The Balaban J connectivity index is 2.14. The summed E-state index contributed by atoms with van der Waals surface area (Å²) >= 11 is 0. The standard InChI is InChI=1S/C13H17F3N2O/c1-2-5-17-11-6-10(13(14,15)16)7-12(18-11)19-8-9-3-4-9/h6-7,9H,2-5,8H2,1H3,(H,17,18). The Bertz CT molecular complexity index is 430. The zero-order valence-electron chi connectivity index (χ0n) is 10.8. The van der Waals surface area contributed by atoms with Crippen LogP contribution in [-0.2, 0) is 6.18 Å². The van der Waals surface area contributed by atoms with Crippen molar-refractivity contribution in [2.75, 3.05) is 18.5 Å². The molecule has 0 atom stereocenters. The van der Waals surface area contributed by atoms with Crippen LogP contribution in [0.4, 0.5) is 19.0 Å². The van der Waals surface area contributed by atoms with Crippen molar-refractivity contribution < 1.29 is 17.9 Å². The molecule has 0 spiro atoms. The number of pyridine rings is 1. The van der Waals surface area contributed by atoms with E-state index in [9.17, 15) is 13.2 Å². The van der Waals surface area contributed by atoms with E-state index >= 15 is 0 Å². The molecule has 1 aromatic rings. The Labute approximate surface area is 110 Å². The van der Waals surface area contributed by atoms with Gasteiger partial charge in [-0.2, -0.15) is 18.2 Å². The SMILES string of the molecule is CCCNc1cc(C(F)(F)F)cc(OCC2CC2)n1. The van der Waals surface area contributed by atoms with Gasteiger partial charge in [0.05, 0.1) is 12.2 Å². The molecule has 106 valence electrons. The summed E-state index contributed by atoms with van der Waals surface area (Å²) < 4.78 is 43.6. The predicted molar refractivity (Wildman–Crippen MR) is 66.2 cm³/mol. The molecular weight excluding hydrogens is 257 g/mol.